The second-order valence-electron chi connectivity index (χ2n) is 5.54. The lowest BCUT2D eigenvalue weighted by Gasteiger charge is -2.21. The van der Waals surface area contributed by atoms with E-state index in [1.807, 2.05) is 6.07 Å². The van der Waals surface area contributed by atoms with Gasteiger partial charge in [0.05, 0.1) is 0 Å². The molecule has 2 aromatic carbocycles. The summed E-state index contributed by atoms with van der Waals surface area (Å²) in [5, 5.41) is 3.57. The summed E-state index contributed by atoms with van der Waals surface area (Å²) in [6.45, 7) is 6.40. The molecular weight excluding hydrogens is 249 g/mol. The van der Waals surface area contributed by atoms with Crippen LogP contribution < -0.4 is 5.32 Å². The van der Waals surface area contributed by atoms with Crippen LogP contribution in [0.5, 0.6) is 0 Å². The first-order valence-corrected chi connectivity index (χ1v) is 7.11. The first-order valence-electron chi connectivity index (χ1n) is 7.11. The van der Waals surface area contributed by atoms with Crippen LogP contribution in [0, 0.1) is 12.7 Å². The van der Waals surface area contributed by atoms with Crippen molar-refractivity contribution in [2.24, 2.45) is 0 Å². The molecule has 2 atom stereocenters. The summed E-state index contributed by atoms with van der Waals surface area (Å²) in [4.78, 5) is 0. The summed E-state index contributed by atoms with van der Waals surface area (Å²) in [5.41, 5.74) is 3.59. The van der Waals surface area contributed by atoms with Crippen LogP contribution in [0.3, 0.4) is 0 Å². The Morgan fingerprint density at radius 3 is 2.50 bits per heavy atom. The summed E-state index contributed by atoms with van der Waals surface area (Å²) < 4.78 is 13.2. The molecular formula is C18H22FN. The van der Waals surface area contributed by atoms with Crippen molar-refractivity contribution in [1.82, 2.24) is 5.32 Å². The molecule has 0 spiro atoms. The van der Waals surface area contributed by atoms with E-state index in [1.54, 1.807) is 12.1 Å². The summed E-state index contributed by atoms with van der Waals surface area (Å²) in [7, 11) is 0. The average Bonchev–Trinajstić information content (AvgIpc) is 2.38. The highest BCUT2D eigenvalue weighted by Crippen LogP contribution is 2.15. The number of benzene rings is 2. The van der Waals surface area contributed by atoms with Gasteiger partial charge in [-0.15, -0.1) is 0 Å². The molecule has 2 rings (SSSR count). The first-order chi connectivity index (χ1) is 9.54. The molecule has 0 heterocycles. The van der Waals surface area contributed by atoms with Crippen molar-refractivity contribution in [2.75, 3.05) is 0 Å². The molecule has 1 N–H and O–H groups in total. The van der Waals surface area contributed by atoms with Crippen LogP contribution in [-0.4, -0.2) is 6.04 Å². The second kappa shape index (κ2) is 6.67. The second-order valence-corrected chi connectivity index (χ2v) is 5.54. The summed E-state index contributed by atoms with van der Waals surface area (Å²) >= 11 is 0. The van der Waals surface area contributed by atoms with Gasteiger partial charge in [0.15, 0.2) is 0 Å². The van der Waals surface area contributed by atoms with Crippen LogP contribution in [-0.2, 0) is 6.42 Å². The Morgan fingerprint density at radius 1 is 1.05 bits per heavy atom. The van der Waals surface area contributed by atoms with E-state index in [2.05, 4.69) is 50.4 Å². The quantitative estimate of drug-likeness (QED) is 0.849. The smallest absolute Gasteiger partial charge is 0.123 e. The summed E-state index contributed by atoms with van der Waals surface area (Å²) in [5.74, 6) is -0.165. The van der Waals surface area contributed by atoms with Crippen molar-refractivity contribution in [3.8, 4) is 0 Å². The molecule has 0 aliphatic heterocycles. The summed E-state index contributed by atoms with van der Waals surface area (Å²) in [6, 6.07) is 15.9. The molecule has 0 fully saturated rings. The maximum Gasteiger partial charge on any atom is 0.123 e. The van der Waals surface area contributed by atoms with Gasteiger partial charge < -0.3 is 5.32 Å². The molecule has 0 aliphatic carbocycles. The van der Waals surface area contributed by atoms with Crippen molar-refractivity contribution in [3.05, 3.63) is 71.0 Å². The van der Waals surface area contributed by atoms with E-state index in [9.17, 15) is 4.39 Å². The van der Waals surface area contributed by atoms with Crippen LogP contribution in [0.25, 0.3) is 0 Å². The van der Waals surface area contributed by atoms with Gasteiger partial charge in [-0.05, 0) is 50.5 Å². The maximum absolute atomic E-state index is 13.2. The van der Waals surface area contributed by atoms with Gasteiger partial charge in [0.2, 0.25) is 0 Å². The normalized spacial score (nSPS) is 14.0. The molecule has 0 bridgehead atoms. The molecule has 0 aliphatic rings. The fourth-order valence-electron chi connectivity index (χ4n) is 2.54. The molecule has 2 aromatic rings. The van der Waals surface area contributed by atoms with Crippen molar-refractivity contribution in [2.45, 2.75) is 39.3 Å². The Bertz CT molecular complexity index is 565. The maximum atomic E-state index is 13.2. The molecule has 1 unspecified atom stereocenters. The van der Waals surface area contributed by atoms with E-state index in [0.717, 1.165) is 12.0 Å². The van der Waals surface area contributed by atoms with Crippen LogP contribution in [0.2, 0.25) is 0 Å². The van der Waals surface area contributed by atoms with Crippen molar-refractivity contribution < 1.29 is 4.39 Å². The summed E-state index contributed by atoms with van der Waals surface area (Å²) in [6.07, 6.45) is 0.827. The van der Waals surface area contributed by atoms with Gasteiger partial charge in [0.1, 0.15) is 5.82 Å². The van der Waals surface area contributed by atoms with Crippen LogP contribution in [0.15, 0.2) is 48.5 Å². The zero-order valence-corrected chi connectivity index (χ0v) is 12.4. The Morgan fingerprint density at radius 2 is 1.80 bits per heavy atom. The van der Waals surface area contributed by atoms with Gasteiger partial charge >= 0.3 is 0 Å². The molecule has 0 saturated heterocycles. The van der Waals surface area contributed by atoms with E-state index < -0.39 is 0 Å². The van der Waals surface area contributed by atoms with E-state index >= 15 is 0 Å². The number of aryl methyl sites for hydroxylation is 1. The lowest BCUT2D eigenvalue weighted by Crippen LogP contribution is -2.30. The monoisotopic (exact) mass is 271 g/mol. The lowest BCUT2D eigenvalue weighted by atomic mass is 10.0. The highest BCUT2D eigenvalue weighted by atomic mass is 19.1. The minimum absolute atomic E-state index is 0.165. The lowest BCUT2D eigenvalue weighted by molar-refractivity contribution is 0.476. The minimum Gasteiger partial charge on any atom is -0.307 e. The largest absolute Gasteiger partial charge is 0.307 e. The predicted molar refractivity (Wildman–Crippen MR) is 82.3 cm³/mol. The Kier molecular flexibility index (Phi) is 4.91. The van der Waals surface area contributed by atoms with E-state index in [4.69, 9.17) is 0 Å². The molecule has 20 heavy (non-hydrogen) atoms. The van der Waals surface area contributed by atoms with Gasteiger partial charge in [-0.1, -0.05) is 42.0 Å². The average molecular weight is 271 g/mol. The van der Waals surface area contributed by atoms with Crippen molar-refractivity contribution in [3.63, 3.8) is 0 Å². The van der Waals surface area contributed by atoms with Crippen LogP contribution >= 0.6 is 0 Å². The Labute approximate surface area is 120 Å². The Hall–Kier alpha value is -1.67. The zero-order chi connectivity index (χ0) is 14.5. The molecule has 0 aromatic heterocycles. The molecule has 0 saturated carbocycles. The predicted octanol–water partition coefficient (Wildman–Crippen LogP) is 4.42. The Balaban J connectivity index is 1.95. The molecule has 106 valence electrons. The van der Waals surface area contributed by atoms with Gasteiger partial charge in [-0.2, -0.15) is 0 Å². The minimum atomic E-state index is -0.165. The van der Waals surface area contributed by atoms with Gasteiger partial charge in [0.25, 0.3) is 0 Å². The van der Waals surface area contributed by atoms with Crippen molar-refractivity contribution in [1.29, 1.82) is 0 Å². The fraction of sp³-hybridized carbons (Fsp3) is 0.333. The number of hydrogen-bond donors (Lipinski definition) is 1. The van der Waals surface area contributed by atoms with E-state index in [1.165, 1.54) is 17.2 Å². The SMILES string of the molecule is Cc1cccc([C@@H](C)NC(C)Cc2cccc(F)c2)c1. The molecule has 0 radical (unpaired) electrons. The third-order valence-electron chi connectivity index (χ3n) is 3.51. The highest BCUT2D eigenvalue weighted by Gasteiger charge is 2.10. The molecule has 2 heteroatoms. The van der Waals surface area contributed by atoms with Gasteiger partial charge in [-0.25, -0.2) is 4.39 Å². The number of hydrogen-bond acceptors (Lipinski definition) is 1. The number of rotatable bonds is 5. The third-order valence-corrected chi connectivity index (χ3v) is 3.51. The van der Waals surface area contributed by atoms with Crippen LogP contribution in [0.1, 0.15) is 36.6 Å². The van der Waals surface area contributed by atoms with E-state index in [0.29, 0.717) is 12.1 Å². The van der Waals surface area contributed by atoms with Gasteiger partial charge in [-0.3, -0.25) is 0 Å². The van der Waals surface area contributed by atoms with Gasteiger partial charge in [0, 0.05) is 12.1 Å². The molecule has 0 amide bonds. The van der Waals surface area contributed by atoms with E-state index in [-0.39, 0.29) is 5.82 Å². The fourth-order valence-corrected chi connectivity index (χ4v) is 2.54. The zero-order valence-electron chi connectivity index (χ0n) is 12.4. The topological polar surface area (TPSA) is 12.0 Å². The standard InChI is InChI=1S/C18H22FN/c1-13-6-4-8-17(10-13)15(3)20-14(2)11-16-7-5-9-18(19)12-16/h4-10,12,14-15,20H,11H2,1-3H3/t14?,15-/m1/s1. The first kappa shape index (κ1) is 14.7. The van der Waals surface area contributed by atoms with Crippen LogP contribution in [0.4, 0.5) is 4.39 Å². The highest BCUT2D eigenvalue weighted by molar-refractivity contribution is 5.25. The molecule has 1 nitrogen and oxygen atoms in total. The van der Waals surface area contributed by atoms with Crippen molar-refractivity contribution >= 4 is 0 Å². The third kappa shape index (κ3) is 4.17. The number of nitrogens with one attached hydrogen (secondary N) is 1. The number of halogens is 1.